The van der Waals surface area contributed by atoms with Crippen molar-refractivity contribution >= 4 is 0 Å². The van der Waals surface area contributed by atoms with Gasteiger partial charge in [0, 0.05) is 26.2 Å². The molecule has 42 heavy (non-hydrogen) atoms. The Bertz CT molecular complexity index is 498. The molecule has 0 radical (unpaired) electrons. The molecule has 1 rings (SSSR count). The summed E-state index contributed by atoms with van der Waals surface area (Å²) in [5.41, 5.74) is 0. The van der Waals surface area contributed by atoms with E-state index >= 15 is 0 Å². The maximum absolute atomic E-state index is 2.87. The van der Waals surface area contributed by atoms with Crippen molar-refractivity contribution in [2.75, 3.05) is 58.9 Å². The summed E-state index contributed by atoms with van der Waals surface area (Å²) in [5.74, 6) is 1.00. The van der Waals surface area contributed by atoms with Gasteiger partial charge in [-0.2, -0.15) is 0 Å². The zero-order valence-corrected chi connectivity index (χ0v) is 30.0. The van der Waals surface area contributed by atoms with Crippen LogP contribution in [0.4, 0.5) is 0 Å². The molecule has 1 fully saturated rings. The lowest BCUT2D eigenvalue weighted by Gasteiger charge is -2.34. The quantitative estimate of drug-likeness (QED) is 0.0720. The van der Waals surface area contributed by atoms with E-state index in [-0.39, 0.29) is 0 Å². The molecular weight excluding hydrogens is 510 g/mol. The van der Waals surface area contributed by atoms with Gasteiger partial charge in [0.25, 0.3) is 0 Å². The number of likely N-dealkylation sites (tertiary alicyclic amines) is 1. The first-order valence-corrected chi connectivity index (χ1v) is 19.9. The second kappa shape index (κ2) is 30.9. The van der Waals surface area contributed by atoms with Gasteiger partial charge >= 0.3 is 0 Å². The summed E-state index contributed by atoms with van der Waals surface area (Å²) in [6, 6.07) is 0. The van der Waals surface area contributed by atoms with Crippen molar-refractivity contribution in [2.24, 2.45) is 5.92 Å². The summed E-state index contributed by atoms with van der Waals surface area (Å²) in [7, 11) is 0. The summed E-state index contributed by atoms with van der Waals surface area (Å²) < 4.78 is 0. The van der Waals surface area contributed by atoms with Crippen LogP contribution < -0.4 is 0 Å². The minimum absolute atomic E-state index is 1.00. The molecule has 0 atom stereocenters. The molecule has 3 heteroatoms. The van der Waals surface area contributed by atoms with Crippen LogP contribution in [0, 0.1) is 5.92 Å². The average Bonchev–Trinajstić information content (AvgIpc) is 3.01. The van der Waals surface area contributed by atoms with Crippen LogP contribution in [0.25, 0.3) is 0 Å². The molecule has 3 nitrogen and oxygen atoms in total. The van der Waals surface area contributed by atoms with Crippen LogP contribution in [-0.2, 0) is 0 Å². The predicted octanol–water partition coefficient (Wildman–Crippen LogP) is 11.4. The van der Waals surface area contributed by atoms with Crippen LogP contribution in [0.2, 0.25) is 0 Å². The largest absolute Gasteiger partial charge is 0.302 e. The molecule has 0 aliphatic carbocycles. The van der Waals surface area contributed by atoms with E-state index in [9.17, 15) is 0 Å². The molecule has 1 aliphatic heterocycles. The number of rotatable bonds is 32. The monoisotopic (exact) mass is 592 g/mol. The van der Waals surface area contributed by atoms with Gasteiger partial charge in [-0.15, -0.1) is 0 Å². The zero-order chi connectivity index (χ0) is 30.4. The Morgan fingerprint density at radius 1 is 0.405 bits per heavy atom. The highest BCUT2D eigenvalue weighted by Gasteiger charge is 2.19. The van der Waals surface area contributed by atoms with Gasteiger partial charge in [0.1, 0.15) is 0 Å². The summed E-state index contributed by atoms with van der Waals surface area (Å²) >= 11 is 0. The standard InChI is InChI=1S/C39H81N3/c1-5-9-12-15-18-21-24-30-40(31-25-22-19-16-13-10-6-2)35-36-41(32-26-23-20-17-14-11-7-3)37-38-42-33-28-39(27-8-4)29-34-42/h39H,5-38H2,1-4H3. The van der Waals surface area contributed by atoms with E-state index in [1.807, 2.05) is 0 Å². The first kappa shape index (κ1) is 39.9. The van der Waals surface area contributed by atoms with Crippen LogP contribution in [0.1, 0.15) is 188 Å². The van der Waals surface area contributed by atoms with E-state index in [0.29, 0.717) is 0 Å². The van der Waals surface area contributed by atoms with Gasteiger partial charge in [0.15, 0.2) is 0 Å². The van der Waals surface area contributed by atoms with E-state index in [4.69, 9.17) is 0 Å². The van der Waals surface area contributed by atoms with E-state index in [2.05, 4.69) is 42.4 Å². The van der Waals surface area contributed by atoms with Crippen molar-refractivity contribution in [1.82, 2.24) is 14.7 Å². The molecule has 0 aromatic carbocycles. The van der Waals surface area contributed by atoms with Crippen molar-refractivity contribution < 1.29 is 0 Å². The van der Waals surface area contributed by atoms with Crippen molar-refractivity contribution in [3.8, 4) is 0 Å². The Hall–Kier alpha value is -0.120. The number of hydrogen-bond donors (Lipinski definition) is 0. The van der Waals surface area contributed by atoms with E-state index < -0.39 is 0 Å². The Kier molecular flexibility index (Phi) is 29.3. The Morgan fingerprint density at radius 2 is 0.762 bits per heavy atom. The molecule has 0 amide bonds. The summed E-state index contributed by atoms with van der Waals surface area (Å²) in [4.78, 5) is 8.53. The lowest BCUT2D eigenvalue weighted by atomic mass is 9.92. The zero-order valence-electron chi connectivity index (χ0n) is 30.0. The smallest absolute Gasteiger partial charge is 0.0110 e. The molecular formula is C39H81N3. The SMILES string of the molecule is CCCCCCCCCN(CCCCCCCCC)CCN(CCCCCCCCC)CCN1CCC(CCC)CC1. The van der Waals surface area contributed by atoms with Crippen LogP contribution in [0.5, 0.6) is 0 Å². The van der Waals surface area contributed by atoms with Gasteiger partial charge in [-0.1, -0.05) is 156 Å². The van der Waals surface area contributed by atoms with Gasteiger partial charge in [-0.3, -0.25) is 0 Å². The number of unbranched alkanes of at least 4 members (excludes halogenated alkanes) is 18. The van der Waals surface area contributed by atoms with Gasteiger partial charge in [0.2, 0.25) is 0 Å². The molecule has 1 heterocycles. The molecule has 0 saturated carbocycles. The topological polar surface area (TPSA) is 9.72 Å². The predicted molar refractivity (Wildman–Crippen MR) is 191 cm³/mol. The first-order valence-electron chi connectivity index (χ1n) is 19.9. The first-order chi connectivity index (χ1) is 20.7. The van der Waals surface area contributed by atoms with Crippen LogP contribution in [-0.4, -0.2) is 73.6 Å². The van der Waals surface area contributed by atoms with Crippen molar-refractivity contribution in [2.45, 2.75) is 188 Å². The Labute approximate surface area is 267 Å². The summed E-state index contributed by atoms with van der Waals surface area (Å²) in [5, 5.41) is 0. The second-order valence-electron chi connectivity index (χ2n) is 14.1. The minimum Gasteiger partial charge on any atom is -0.302 e. The molecule has 0 aromatic heterocycles. The number of hydrogen-bond acceptors (Lipinski definition) is 3. The summed E-state index contributed by atoms with van der Waals surface area (Å²) in [6.07, 6.45) is 35.6. The molecule has 1 aliphatic rings. The summed E-state index contributed by atoms with van der Waals surface area (Å²) in [6.45, 7) is 21.2. The third kappa shape index (κ3) is 24.2. The third-order valence-corrected chi connectivity index (χ3v) is 10.1. The lowest BCUT2D eigenvalue weighted by Crippen LogP contribution is -2.42. The highest BCUT2D eigenvalue weighted by molar-refractivity contribution is 4.74. The fourth-order valence-electron chi connectivity index (χ4n) is 7.02. The van der Waals surface area contributed by atoms with Crippen molar-refractivity contribution in [3.63, 3.8) is 0 Å². The van der Waals surface area contributed by atoms with Crippen LogP contribution >= 0.6 is 0 Å². The van der Waals surface area contributed by atoms with E-state index in [0.717, 1.165) is 5.92 Å². The Morgan fingerprint density at radius 3 is 1.14 bits per heavy atom. The molecule has 0 bridgehead atoms. The van der Waals surface area contributed by atoms with E-state index in [1.165, 1.54) is 219 Å². The van der Waals surface area contributed by atoms with Gasteiger partial charge in [0.05, 0.1) is 0 Å². The lowest BCUT2D eigenvalue weighted by molar-refractivity contribution is 0.141. The molecule has 252 valence electrons. The maximum Gasteiger partial charge on any atom is 0.0110 e. The molecule has 1 saturated heterocycles. The normalized spacial score (nSPS) is 15.0. The minimum atomic E-state index is 1.00. The fourth-order valence-corrected chi connectivity index (χ4v) is 7.02. The van der Waals surface area contributed by atoms with Gasteiger partial charge in [-0.05, 0) is 70.7 Å². The van der Waals surface area contributed by atoms with Crippen LogP contribution in [0.15, 0.2) is 0 Å². The van der Waals surface area contributed by atoms with Crippen LogP contribution in [0.3, 0.4) is 0 Å². The average molecular weight is 592 g/mol. The van der Waals surface area contributed by atoms with Crippen molar-refractivity contribution in [1.29, 1.82) is 0 Å². The number of piperidine rings is 1. The van der Waals surface area contributed by atoms with Crippen molar-refractivity contribution in [3.05, 3.63) is 0 Å². The molecule has 0 unspecified atom stereocenters. The number of nitrogens with zero attached hydrogens (tertiary/aromatic N) is 3. The molecule has 0 aromatic rings. The fraction of sp³-hybridized carbons (Fsp3) is 1.00. The molecule has 0 spiro atoms. The third-order valence-electron chi connectivity index (χ3n) is 10.1. The maximum atomic E-state index is 2.87. The van der Waals surface area contributed by atoms with Gasteiger partial charge < -0.3 is 14.7 Å². The highest BCUT2D eigenvalue weighted by Crippen LogP contribution is 2.21. The Balaban J connectivity index is 2.52. The van der Waals surface area contributed by atoms with Gasteiger partial charge in [-0.25, -0.2) is 0 Å². The molecule has 0 N–H and O–H groups in total. The highest BCUT2D eigenvalue weighted by atomic mass is 15.2. The van der Waals surface area contributed by atoms with E-state index in [1.54, 1.807) is 0 Å². The second-order valence-corrected chi connectivity index (χ2v) is 14.1.